The average molecular weight is 1130 g/mol. The molecule has 0 spiro atoms. The summed E-state index contributed by atoms with van der Waals surface area (Å²) in [6.45, 7) is 5.03. The van der Waals surface area contributed by atoms with Gasteiger partial charge in [0.2, 0.25) is 29.5 Å². The van der Waals surface area contributed by atoms with E-state index >= 15 is 0 Å². The zero-order valence-electron chi connectivity index (χ0n) is 45.2. The van der Waals surface area contributed by atoms with E-state index in [9.17, 15) is 63.3 Å². The second-order valence-corrected chi connectivity index (χ2v) is 22.2. The van der Waals surface area contributed by atoms with Crippen LogP contribution in [-0.2, 0) is 66.5 Å². The molecule has 2 aliphatic carbocycles. The monoisotopic (exact) mass is 1130 g/mol. The number of amides is 5. The number of phenols is 1. The SMILES string of the molecule is CSC1CC(=O)N(CCCC(=O)C[C@H](C(=O)N[C@@H](CCCCC(N)=O)C(=O)Cc2ccc(COC(=O)CCC(=O)Nc3ccc4c(c3)C(=O)c3c(O)cc5c(c3C4=O)N[C@H]3C#C/C=C\C#C[C@@H](O)[C@@]54O[C@@]34[C@@H](C)O)cc2)C(C)C)C1=O. The summed E-state index contributed by atoms with van der Waals surface area (Å²) >= 11 is 1.31. The molecule has 0 saturated carbocycles. The fraction of sp³-hybridized carbons (Fsp3) is 0.433. The summed E-state index contributed by atoms with van der Waals surface area (Å²) in [5.41, 5.74) is 2.90. The molecule has 2 bridgehead atoms. The minimum Gasteiger partial charge on any atom is -0.507 e. The molecule has 20 nitrogen and oxygen atoms in total. The molecule has 8 rings (SSSR count). The predicted octanol–water partition coefficient (Wildman–Crippen LogP) is 3.85. The Bertz CT molecular complexity index is 3280. The van der Waals surface area contributed by atoms with Gasteiger partial charge in [-0.3, -0.25) is 52.8 Å². The molecule has 3 aliphatic heterocycles. The van der Waals surface area contributed by atoms with E-state index < -0.39 is 87.7 Å². The highest BCUT2D eigenvalue weighted by Crippen LogP contribution is 2.67. The van der Waals surface area contributed by atoms with Gasteiger partial charge in [0.15, 0.2) is 34.7 Å². The van der Waals surface area contributed by atoms with E-state index in [-0.39, 0.29) is 139 Å². The van der Waals surface area contributed by atoms with Crippen LogP contribution in [0.4, 0.5) is 11.4 Å². The number of aliphatic hydroxyl groups excluding tert-OH is 2. The summed E-state index contributed by atoms with van der Waals surface area (Å²) in [6.07, 6.45) is 2.71. The summed E-state index contributed by atoms with van der Waals surface area (Å²) < 4.78 is 11.6. The number of fused-ring (bicyclic) bond motifs is 4. The van der Waals surface area contributed by atoms with Crippen LogP contribution in [0.2, 0.25) is 0 Å². The summed E-state index contributed by atoms with van der Waals surface area (Å²) in [4.78, 5) is 132. The van der Waals surface area contributed by atoms with Gasteiger partial charge in [-0.25, -0.2) is 0 Å². The number of esters is 1. The Kier molecular flexibility index (Phi) is 18.1. The molecular formula is C60H63N5O15S. The number of aromatic hydroxyl groups is 1. The number of aliphatic hydroxyl groups is 2. The molecule has 2 fully saturated rings. The molecule has 81 heavy (non-hydrogen) atoms. The van der Waals surface area contributed by atoms with Crippen molar-refractivity contribution in [1.82, 2.24) is 10.2 Å². The van der Waals surface area contributed by atoms with E-state index in [0.717, 1.165) is 0 Å². The number of hydrogen-bond donors (Lipinski definition) is 7. The van der Waals surface area contributed by atoms with Crippen LogP contribution in [0.5, 0.6) is 5.75 Å². The first-order valence-electron chi connectivity index (χ1n) is 26.8. The lowest BCUT2D eigenvalue weighted by molar-refractivity contribution is -0.146. The van der Waals surface area contributed by atoms with Crippen molar-refractivity contribution in [3.8, 4) is 29.4 Å². The Morgan fingerprint density at radius 1 is 0.889 bits per heavy atom. The van der Waals surface area contributed by atoms with E-state index in [1.165, 1.54) is 60.0 Å². The molecule has 2 saturated heterocycles. The number of carbonyl (C=O) groups is 10. The quantitative estimate of drug-likeness (QED) is 0.0124. The fourth-order valence-corrected chi connectivity index (χ4v) is 11.6. The van der Waals surface area contributed by atoms with Crippen molar-refractivity contribution < 1.29 is 72.7 Å². The highest BCUT2D eigenvalue weighted by atomic mass is 32.2. The van der Waals surface area contributed by atoms with E-state index in [4.69, 9.17) is 15.2 Å². The third-order valence-electron chi connectivity index (χ3n) is 15.4. The highest BCUT2D eigenvalue weighted by Gasteiger charge is 2.82. The molecule has 3 heterocycles. The van der Waals surface area contributed by atoms with E-state index in [0.29, 0.717) is 24.0 Å². The van der Waals surface area contributed by atoms with Crippen LogP contribution in [0.15, 0.2) is 60.7 Å². The number of epoxide rings is 1. The smallest absolute Gasteiger partial charge is 0.306 e. The van der Waals surface area contributed by atoms with Crippen molar-refractivity contribution in [1.29, 1.82) is 0 Å². The minimum atomic E-state index is -1.73. The van der Waals surface area contributed by atoms with Crippen LogP contribution in [0.1, 0.15) is 134 Å². The standard InChI is InChI=1S/C60H63N5O15S/c1-32(2)39(28-37(67)12-11-25-65-50(73)30-45(81-4)58(65)78)57(77)63-42(13-9-10-16-48(61)71)43(68)26-34-17-19-35(20-18-34)31-79-51(74)24-23-49(72)62-36-21-22-38-40(27-36)56(76)52-44(69)29-41-54(53(52)55(38)75)64-46-14-7-5-6-8-15-47(70)60(41)59(46,80-60)33(3)66/h5-6,17-22,27,29,32-33,39,42,45-47,64,66,69-70H,9-13,16,23-26,28,30-31H2,1-4H3,(H2,61,71)(H,62,72)(H,63,77)/b6-5-/t33-,39+,42+,45?,46+,47-,59+,60+/m1/s1. The van der Waals surface area contributed by atoms with Crippen LogP contribution in [0.25, 0.3) is 0 Å². The molecular weight excluding hydrogens is 1060 g/mol. The van der Waals surface area contributed by atoms with Gasteiger partial charge in [-0.2, -0.15) is 11.8 Å². The number of anilines is 2. The van der Waals surface area contributed by atoms with Gasteiger partial charge >= 0.3 is 5.97 Å². The molecule has 0 aromatic heterocycles. The second-order valence-electron chi connectivity index (χ2n) is 21.1. The second kappa shape index (κ2) is 24.8. The normalized spacial score (nSPS) is 22.4. The Balaban J connectivity index is 0.830. The number of nitrogens with zero attached hydrogens (tertiary/aromatic N) is 1. The number of hydrogen-bond acceptors (Lipinski definition) is 17. The number of benzene rings is 3. The zero-order valence-corrected chi connectivity index (χ0v) is 46.0. The van der Waals surface area contributed by atoms with Crippen molar-refractivity contribution in [2.24, 2.45) is 17.6 Å². The first kappa shape index (κ1) is 59.2. The van der Waals surface area contributed by atoms with Gasteiger partial charge in [-0.05, 0) is 85.9 Å². The van der Waals surface area contributed by atoms with Crippen molar-refractivity contribution >= 4 is 81.8 Å². The van der Waals surface area contributed by atoms with Gasteiger partial charge in [0.1, 0.15) is 24.2 Å². The number of nitrogens with one attached hydrogen (secondary N) is 3. The molecule has 0 radical (unpaired) electrons. The number of imide groups is 1. The number of ketones is 4. The van der Waals surface area contributed by atoms with E-state index in [2.05, 4.69) is 39.6 Å². The molecule has 5 amide bonds. The number of rotatable bonds is 25. The topological polar surface area (TPSA) is 318 Å². The number of nitrogens with two attached hydrogens (primary N) is 1. The number of primary amides is 1. The number of Topliss-reactive ketones (excluding diaryl/α,β-unsaturated/α-hetero) is 2. The number of likely N-dealkylation sites (tertiary alicyclic amines) is 1. The molecule has 8 N–H and O–H groups in total. The maximum atomic E-state index is 14.3. The molecule has 21 heteroatoms. The van der Waals surface area contributed by atoms with Gasteiger partial charge in [-0.1, -0.05) is 68.2 Å². The zero-order chi connectivity index (χ0) is 58.5. The summed E-state index contributed by atoms with van der Waals surface area (Å²) in [6, 6.07) is 10.0. The summed E-state index contributed by atoms with van der Waals surface area (Å²) in [7, 11) is 0. The van der Waals surface area contributed by atoms with Crippen LogP contribution in [0.3, 0.4) is 0 Å². The van der Waals surface area contributed by atoms with Gasteiger partial charge in [0.05, 0.1) is 40.6 Å². The van der Waals surface area contributed by atoms with Gasteiger partial charge in [0, 0.05) is 73.4 Å². The predicted molar refractivity (Wildman–Crippen MR) is 295 cm³/mol. The van der Waals surface area contributed by atoms with Crippen LogP contribution in [-0.4, -0.2) is 127 Å². The average Bonchev–Trinajstić information content (AvgIpc) is 1.67. The largest absolute Gasteiger partial charge is 0.507 e. The van der Waals surface area contributed by atoms with Crippen LogP contribution < -0.4 is 21.7 Å². The molecule has 8 atom stereocenters. The number of allylic oxidation sites excluding steroid dienone is 2. The number of thioether (sulfide) groups is 1. The van der Waals surface area contributed by atoms with Gasteiger partial charge in [-0.15, -0.1) is 0 Å². The first-order chi connectivity index (χ1) is 38.6. The van der Waals surface area contributed by atoms with Gasteiger partial charge < -0.3 is 46.5 Å². The Morgan fingerprint density at radius 3 is 2.27 bits per heavy atom. The van der Waals surface area contributed by atoms with E-state index in [1.807, 2.05) is 0 Å². The first-order valence-corrected chi connectivity index (χ1v) is 28.1. The lowest BCUT2D eigenvalue weighted by Crippen LogP contribution is -2.54. The third-order valence-corrected chi connectivity index (χ3v) is 16.3. The minimum absolute atomic E-state index is 0.0375. The lowest BCUT2D eigenvalue weighted by Gasteiger charge is -2.37. The number of carbonyl (C=O) groups excluding carboxylic acids is 10. The number of ether oxygens (including phenoxy) is 2. The highest BCUT2D eigenvalue weighted by molar-refractivity contribution is 8.00. The van der Waals surface area contributed by atoms with Crippen molar-refractivity contribution in [3.05, 3.63) is 99.6 Å². The van der Waals surface area contributed by atoms with Crippen molar-refractivity contribution in [3.63, 3.8) is 0 Å². The molecule has 1 unspecified atom stereocenters. The van der Waals surface area contributed by atoms with Crippen molar-refractivity contribution in [2.45, 2.75) is 139 Å². The fourth-order valence-electron chi connectivity index (χ4n) is 11.0. The Morgan fingerprint density at radius 2 is 1.59 bits per heavy atom. The summed E-state index contributed by atoms with van der Waals surface area (Å²) in [5, 5.41) is 42.1. The van der Waals surface area contributed by atoms with Crippen molar-refractivity contribution in [2.75, 3.05) is 23.4 Å². The van der Waals surface area contributed by atoms with Crippen LogP contribution in [0, 0.1) is 35.5 Å². The van der Waals surface area contributed by atoms with Crippen LogP contribution >= 0.6 is 11.8 Å². The number of phenolic OH excluding ortho intramolecular Hbond substituents is 1. The van der Waals surface area contributed by atoms with Gasteiger partial charge in [0.25, 0.3) is 0 Å². The van der Waals surface area contributed by atoms with E-state index in [1.54, 1.807) is 44.4 Å². The molecule has 3 aromatic carbocycles. The third kappa shape index (κ3) is 12.2. The Hall–Kier alpha value is -7.95. The number of unbranched alkanes of at least 4 members (excludes halogenated alkanes) is 1. The maximum absolute atomic E-state index is 14.3. The maximum Gasteiger partial charge on any atom is 0.306 e. The molecule has 424 valence electrons. The molecule has 3 aromatic rings. The molecule has 5 aliphatic rings. The lowest BCUT2D eigenvalue weighted by atomic mass is 9.69. The summed E-state index contributed by atoms with van der Waals surface area (Å²) in [5.74, 6) is 4.86. The Labute approximate surface area is 471 Å².